The molecule has 0 saturated heterocycles. The number of nitrogens with zero attached hydrogens (tertiary/aromatic N) is 1. The van der Waals surface area contributed by atoms with Crippen LogP contribution in [-0.2, 0) is 12.8 Å². The van der Waals surface area contributed by atoms with Crippen LogP contribution in [0.2, 0.25) is 0 Å². The number of hydrogen-bond acceptors (Lipinski definition) is 4. The molecule has 0 atom stereocenters. The molecule has 3 N–H and O–H groups in total. The van der Waals surface area contributed by atoms with Crippen LogP contribution in [0.5, 0.6) is 5.75 Å². The Labute approximate surface area is 151 Å². The van der Waals surface area contributed by atoms with E-state index >= 15 is 0 Å². The Morgan fingerprint density at radius 1 is 1.19 bits per heavy atom. The monoisotopic (exact) mass is 351 g/mol. The number of carbonyl (C=O) groups is 1. The number of phenols is 1. The van der Waals surface area contributed by atoms with Crippen LogP contribution >= 0.6 is 0 Å². The summed E-state index contributed by atoms with van der Waals surface area (Å²) in [7, 11) is 0. The smallest absolute Gasteiger partial charge is 0.258 e. The summed E-state index contributed by atoms with van der Waals surface area (Å²) in [5, 5.41) is 16.4. The van der Waals surface area contributed by atoms with Crippen LogP contribution in [0.3, 0.4) is 0 Å². The highest BCUT2D eigenvalue weighted by Gasteiger charge is 2.28. The van der Waals surface area contributed by atoms with E-state index in [2.05, 4.69) is 15.5 Å². The normalized spacial score (nSPS) is 13.5. The van der Waals surface area contributed by atoms with Crippen LogP contribution in [-0.4, -0.2) is 21.2 Å². The number of aryl methyl sites for hydroxylation is 3. The largest absolute Gasteiger partial charge is 0.508 e. The maximum Gasteiger partial charge on any atom is 0.258 e. The molecule has 0 aliphatic heterocycles. The molecule has 0 radical (unpaired) electrons. The van der Waals surface area contributed by atoms with Gasteiger partial charge in [-0.05, 0) is 69.4 Å². The van der Waals surface area contributed by atoms with E-state index in [0.717, 1.165) is 53.9 Å². The Morgan fingerprint density at radius 2 is 1.92 bits per heavy atom. The minimum Gasteiger partial charge on any atom is -0.508 e. The number of aromatic amines is 1. The molecule has 6 nitrogen and oxygen atoms in total. The summed E-state index contributed by atoms with van der Waals surface area (Å²) in [5.74, 6) is 0.698. The second-order valence-electron chi connectivity index (χ2n) is 6.74. The number of rotatable bonds is 3. The van der Waals surface area contributed by atoms with Gasteiger partial charge in [-0.1, -0.05) is 5.16 Å². The number of fused-ring (bicyclic) bond motifs is 1. The molecule has 1 aliphatic rings. The predicted molar refractivity (Wildman–Crippen MR) is 98.5 cm³/mol. The standard InChI is InChI=1S/C20H21N3O3/c1-11-17(12(2)26-23-11)19-18(15-5-3-4-6-16(15)22-19)20(25)21-13-7-9-14(24)10-8-13/h7-10,22,24H,3-6H2,1-2H3,(H,21,25). The Kier molecular flexibility index (Phi) is 4.03. The predicted octanol–water partition coefficient (Wildman–Crippen LogP) is 4.12. The minimum absolute atomic E-state index is 0.162. The zero-order valence-corrected chi connectivity index (χ0v) is 14.8. The van der Waals surface area contributed by atoms with Gasteiger partial charge in [-0.3, -0.25) is 4.79 Å². The van der Waals surface area contributed by atoms with E-state index in [0.29, 0.717) is 17.0 Å². The quantitative estimate of drug-likeness (QED) is 0.619. The number of aromatic hydroxyl groups is 1. The summed E-state index contributed by atoms with van der Waals surface area (Å²) in [6, 6.07) is 6.47. The molecule has 1 amide bonds. The van der Waals surface area contributed by atoms with E-state index in [1.165, 1.54) is 0 Å². The third-order valence-corrected chi connectivity index (χ3v) is 4.93. The molecule has 1 aliphatic carbocycles. The SMILES string of the molecule is Cc1noc(C)c1-c1[nH]c2c(c1C(=O)Nc1ccc(O)cc1)CCCC2. The Morgan fingerprint density at radius 3 is 2.62 bits per heavy atom. The molecule has 0 saturated carbocycles. The molecule has 0 bridgehead atoms. The van der Waals surface area contributed by atoms with Crippen molar-refractivity contribution in [3.8, 4) is 17.0 Å². The van der Waals surface area contributed by atoms with Gasteiger partial charge >= 0.3 is 0 Å². The first-order chi connectivity index (χ1) is 12.5. The highest BCUT2D eigenvalue weighted by atomic mass is 16.5. The molecule has 2 heterocycles. The molecule has 0 fully saturated rings. The lowest BCUT2D eigenvalue weighted by atomic mass is 9.93. The fraction of sp³-hybridized carbons (Fsp3) is 0.300. The van der Waals surface area contributed by atoms with Crippen molar-refractivity contribution in [2.45, 2.75) is 39.5 Å². The van der Waals surface area contributed by atoms with Gasteiger partial charge in [-0.15, -0.1) is 0 Å². The van der Waals surface area contributed by atoms with Crippen molar-refractivity contribution >= 4 is 11.6 Å². The zero-order chi connectivity index (χ0) is 18.3. The molecule has 26 heavy (non-hydrogen) atoms. The number of amides is 1. The van der Waals surface area contributed by atoms with Gasteiger partial charge in [0.2, 0.25) is 0 Å². The van der Waals surface area contributed by atoms with Crippen molar-refractivity contribution in [3.63, 3.8) is 0 Å². The molecule has 0 spiro atoms. The molecule has 1 aromatic carbocycles. The maximum atomic E-state index is 13.1. The van der Waals surface area contributed by atoms with Gasteiger partial charge in [0.15, 0.2) is 0 Å². The van der Waals surface area contributed by atoms with Gasteiger partial charge in [0, 0.05) is 11.4 Å². The molecular weight excluding hydrogens is 330 g/mol. The van der Waals surface area contributed by atoms with Gasteiger partial charge in [0.1, 0.15) is 11.5 Å². The lowest BCUT2D eigenvalue weighted by Crippen LogP contribution is -2.15. The maximum absolute atomic E-state index is 13.1. The van der Waals surface area contributed by atoms with Gasteiger partial charge in [-0.25, -0.2) is 0 Å². The Bertz CT molecular complexity index is 948. The van der Waals surface area contributed by atoms with Crippen LogP contribution < -0.4 is 5.32 Å². The number of carbonyl (C=O) groups excluding carboxylic acids is 1. The van der Waals surface area contributed by atoms with Crippen molar-refractivity contribution in [1.82, 2.24) is 10.1 Å². The first-order valence-corrected chi connectivity index (χ1v) is 8.82. The Balaban J connectivity index is 1.80. The molecule has 4 rings (SSSR count). The van der Waals surface area contributed by atoms with Crippen molar-refractivity contribution in [1.29, 1.82) is 0 Å². The molecule has 6 heteroatoms. The molecule has 134 valence electrons. The zero-order valence-electron chi connectivity index (χ0n) is 14.8. The lowest BCUT2D eigenvalue weighted by Gasteiger charge is -2.13. The van der Waals surface area contributed by atoms with Crippen molar-refractivity contribution in [2.75, 3.05) is 5.32 Å². The second-order valence-corrected chi connectivity index (χ2v) is 6.74. The number of aromatic nitrogens is 2. The van der Waals surface area contributed by atoms with Crippen molar-refractivity contribution in [3.05, 3.63) is 52.5 Å². The van der Waals surface area contributed by atoms with Gasteiger partial charge in [-0.2, -0.15) is 0 Å². The number of benzene rings is 1. The fourth-order valence-corrected chi connectivity index (χ4v) is 3.70. The summed E-state index contributed by atoms with van der Waals surface area (Å²) in [4.78, 5) is 16.6. The van der Waals surface area contributed by atoms with Crippen LogP contribution in [0.15, 0.2) is 28.8 Å². The number of anilines is 1. The summed E-state index contributed by atoms with van der Waals surface area (Å²) in [6.07, 6.45) is 4.02. The Hall–Kier alpha value is -3.02. The highest BCUT2D eigenvalue weighted by Crippen LogP contribution is 2.36. The average Bonchev–Trinajstić information content (AvgIpc) is 3.16. The van der Waals surface area contributed by atoms with Crippen LogP contribution in [0, 0.1) is 13.8 Å². The van der Waals surface area contributed by atoms with E-state index < -0.39 is 0 Å². The summed E-state index contributed by atoms with van der Waals surface area (Å²) in [6.45, 7) is 3.74. The first-order valence-electron chi connectivity index (χ1n) is 8.82. The number of hydrogen-bond donors (Lipinski definition) is 3. The van der Waals surface area contributed by atoms with Crippen molar-refractivity contribution < 1.29 is 14.4 Å². The topological polar surface area (TPSA) is 91.2 Å². The number of H-pyrrole nitrogens is 1. The van der Waals surface area contributed by atoms with Gasteiger partial charge in [0.25, 0.3) is 5.91 Å². The van der Waals surface area contributed by atoms with Crippen LogP contribution in [0.25, 0.3) is 11.3 Å². The average molecular weight is 351 g/mol. The summed E-state index contributed by atoms with van der Waals surface area (Å²) >= 11 is 0. The molecule has 3 aromatic rings. The second kappa shape index (κ2) is 6.37. The fourth-order valence-electron chi connectivity index (χ4n) is 3.70. The minimum atomic E-state index is -0.162. The first kappa shape index (κ1) is 16.4. The van der Waals surface area contributed by atoms with Gasteiger partial charge in [0.05, 0.1) is 22.5 Å². The summed E-state index contributed by atoms with van der Waals surface area (Å²) < 4.78 is 5.32. The van der Waals surface area contributed by atoms with E-state index in [1.54, 1.807) is 24.3 Å². The van der Waals surface area contributed by atoms with E-state index in [1.807, 2.05) is 13.8 Å². The third-order valence-electron chi connectivity index (χ3n) is 4.93. The number of phenolic OH excluding ortho intramolecular Hbond substituents is 1. The van der Waals surface area contributed by atoms with E-state index in [4.69, 9.17) is 4.52 Å². The highest BCUT2D eigenvalue weighted by molar-refractivity contribution is 6.10. The van der Waals surface area contributed by atoms with Crippen molar-refractivity contribution in [2.24, 2.45) is 0 Å². The molecule has 0 unspecified atom stereocenters. The van der Waals surface area contributed by atoms with Crippen LogP contribution in [0.4, 0.5) is 5.69 Å². The van der Waals surface area contributed by atoms with Crippen LogP contribution in [0.1, 0.15) is 45.9 Å². The molecular formula is C20H21N3O3. The molecule has 2 aromatic heterocycles. The van der Waals surface area contributed by atoms with E-state index in [-0.39, 0.29) is 11.7 Å². The number of nitrogens with one attached hydrogen (secondary N) is 2. The summed E-state index contributed by atoms with van der Waals surface area (Å²) in [5.41, 5.74) is 5.93. The van der Waals surface area contributed by atoms with E-state index in [9.17, 15) is 9.90 Å². The third kappa shape index (κ3) is 2.77. The van der Waals surface area contributed by atoms with Gasteiger partial charge < -0.3 is 19.9 Å². The lowest BCUT2D eigenvalue weighted by molar-refractivity contribution is 0.102.